The van der Waals surface area contributed by atoms with Gasteiger partial charge in [-0.15, -0.1) is 0 Å². The first-order valence-electron chi connectivity index (χ1n) is 4.00. The molecule has 0 aromatic heterocycles. The lowest BCUT2D eigenvalue weighted by Gasteiger charge is -1.98. The Morgan fingerprint density at radius 3 is 2.31 bits per heavy atom. The van der Waals surface area contributed by atoms with Crippen molar-refractivity contribution in [1.82, 2.24) is 0 Å². The van der Waals surface area contributed by atoms with Gasteiger partial charge in [-0.25, -0.2) is 0 Å². The quantitative estimate of drug-likeness (QED) is 0.729. The molecule has 0 radical (unpaired) electrons. The minimum atomic E-state index is -0.198. The summed E-state index contributed by atoms with van der Waals surface area (Å²) in [4.78, 5) is 0. The van der Waals surface area contributed by atoms with E-state index in [0.717, 1.165) is 0 Å². The van der Waals surface area contributed by atoms with E-state index in [1.165, 1.54) is 5.56 Å². The Morgan fingerprint density at radius 1 is 1.23 bits per heavy atom. The van der Waals surface area contributed by atoms with Gasteiger partial charge in [-0.05, 0) is 5.56 Å². The summed E-state index contributed by atoms with van der Waals surface area (Å²) in [5, 5.41) is 8.86. The molecule has 1 fully saturated rings. The third-order valence-electron chi connectivity index (χ3n) is 2.35. The highest BCUT2D eigenvalue weighted by Crippen LogP contribution is 2.66. The monoisotopic (exact) mass is 299 g/mol. The van der Waals surface area contributed by atoms with Crippen LogP contribution in [-0.4, -0.2) is 3.23 Å². The summed E-state index contributed by atoms with van der Waals surface area (Å²) in [6.07, 6.45) is 0. The molecule has 66 valence electrons. The Kier molecular flexibility index (Phi) is 2.21. The molecular weight excluding hydrogens is 294 g/mol. The Labute approximate surface area is 94.0 Å². The fraction of sp³-hybridized carbons (Fsp3) is 0.300. The molecule has 0 heterocycles. The van der Waals surface area contributed by atoms with Crippen molar-refractivity contribution in [3.8, 4) is 6.07 Å². The summed E-state index contributed by atoms with van der Waals surface area (Å²) in [6, 6.07) is 12.4. The van der Waals surface area contributed by atoms with Crippen molar-refractivity contribution in [3.63, 3.8) is 0 Å². The van der Waals surface area contributed by atoms with Crippen LogP contribution in [0.4, 0.5) is 0 Å². The van der Waals surface area contributed by atoms with Crippen molar-refractivity contribution < 1.29 is 0 Å². The third-order valence-corrected chi connectivity index (χ3v) is 4.32. The van der Waals surface area contributed by atoms with Gasteiger partial charge in [0.2, 0.25) is 0 Å². The van der Waals surface area contributed by atoms with Crippen LogP contribution < -0.4 is 0 Å². The molecule has 0 aliphatic heterocycles. The third kappa shape index (κ3) is 1.43. The van der Waals surface area contributed by atoms with Crippen molar-refractivity contribution in [3.05, 3.63) is 35.9 Å². The molecule has 0 bridgehead atoms. The average Bonchev–Trinajstić information content (AvgIpc) is 2.69. The van der Waals surface area contributed by atoms with Crippen molar-refractivity contribution in [2.75, 3.05) is 0 Å². The second kappa shape index (κ2) is 3.11. The van der Waals surface area contributed by atoms with Gasteiger partial charge in [0, 0.05) is 5.92 Å². The van der Waals surface area contributed by atoms with E-state index in [1.54, 1.807) is 0 Å². The van der Waals surface area contributed by atoms with E-state index in [-0.39, 0.29) is 15.1 Å². The number of hydrogen-bond acceptors (Lipinski definition) is 1. The molecule has 0 N–H and O–H groups in total. The minimum Gasteiger partial charge on any atom is -0.198 e. The molecule has 0 amide bonds. The van der Waals surface area contributed by atoms with E-state index in [0.29, 0.717) is 0 Å². The molecule has 1 aromatic rings. The van der Waals surface area contributed by atoms with Gasteiger partial charge in [-0.3, -0.25) is 0 Å². The summed E-state index contributed by atoms with van der Waals surface area (Å²) in [5.41, 5.74) is 1.21. The highest BCUT2D eigenvalue weighted by atomic mass is 79.9. The fourth-order valence-corrected chi connectivity index (χ4v) is 3.09. The van der Waals surface area contributed by atoms with Crippen molar-refractivity contribution in [1.29, 1.82) is 5.26 Å². The zero-order valence-corrected chi connectivity index (χ0v) is 9.92. The van der Waals surface area contributed by atoms with Crippen LogP contribution in [0.15, 0.2) is 30.3 Å². The molecule has 2 atom stereocenters. The van der Waals surface area contributed by atoms with Crippen molar-refractivity contribution >= 4 is 31.9 Å². The van der Waals surface area contributed by atoms with Crippen molar-refractivity contribution in [2.45, 2.75) is 9.15 Å². The molecule has 0 unspecified atom stereocenters. The smallest absolute Gasteiger partial charge is 0.105 e. The van der Waals surface area contributed by atoms with Crippen LogP contribution in [0.1, 0.15) is 11.5 Å². The van der Waals surface area contributed by atoms with Gasteiger partial charge in [-0.1, -0.05) is 62.2 Å². The van der Waals surface area contributed by atoms with Crippen LogP contribution in [0.2, 0.25) is 0 Å². The molecule has 1 nitrogen and oxygen atoms in total. The first kappa shape index (κ1) is 9.23. The molecule has 13 heavy (non-hydrogen) atoms. The Bertz CT molecular complexity index is 353. The summed E-state index contributed by atoms with van der Waals surface area (Å²) in [5.74, 6) is 0.314. The van der Waals surface area contributed by atoms with Gasteiger partial charge >= 0.3 is 0 Å². The SMILES string of the molecule is N#C[C@@H]1[C@@H](c2ccccc2)C1(Br)Br. The Balaban J connectivity index is 2.28. The minimum absolute atomic E-state index is 0.0369. The van der Waals surface area contributed by atoms with Crippen LogP contribution in [0.25, 0.3) is 0 Å². The zero-order chi connectivity index (χ0) is 9.47. The van der Waals surface area contributed by atoms with Gasteiger partial charge in [-0.2, -0.15) is 5.26 Å². The summed E-state index contributed by atoms with van der Waals surface area (Å²) in [7, 11) is 0. The molecule has 0 saturated heterocycles. The number of rotatable bonds is 1. The largest absolute Gasteiger partial charge is 0.198 e. The van der Waals surface area contributed by atoms with Crippen LogP contribution in [0, 0.1) is 17.2 Å². The molecule has 1 aliphatic carbocycles. The maximum Gasteiger partial charge on any atom is 0.105 e. The van der Waals surface area contributed by atoms with E-state index in [2.05, 4.69) is 50.1 Å². The molecule has 0 spiro atoms. The average molecular weight is 301 g/mol. The first-order valence-corrected chi connectivity index (χ1v) is 5.59. The lowest BCUT2D eigenvalue weighted by Crippen LogP contribution is -1.87. The normalized spacial score (nSPS) is 29.3. The predicted octanol–water partition coefficient (Wildman–Crippen LogP) is 3.41. The highest BCUT2D eigenvalue weighted by Gasteiger charge is 2.63. The molecule has 2 rings (SSSR count). The van der Waals surface area contributed by atoms with E-state index in [4.69, 9.17) is 5.26 Å². The summed E-state index contributed by atoms with van der Waals surface area (Å²) in [6.45, 7) is 0. The second-order valence-electron chi connectivity index (χ2n) is 3.17. The van der Waals surface area contributed by atoms with Crippen LogP contribution in [-0.2, 0) is 0 Å². The highest BCUT2D eigenvalue weighted by molar-refractivity contribution is 9.25. The van der Waals surface area contributed by atoms with Gasteiger partial charge < -0.3 is 0 Å². The van der Waals surface area contributed by atoms with Crippen LogP contribution >= 0.6 is 31.9 Å². The van der Waals surface area contributed by atoms with Gasteiger partial charge in [0.25, 0.3) is 0 Å². The molecule has 1 aromatic carbocycles. The van der Waals surface area contributed by atoms with Crippen LogP contribution in [0.3, 0.4) is 0 Å². The lowest BCUT2D eigenvalue weighted by molar-refractivity contribution is 1.02. The fourth-order valence-electron chi connectivity index (χ4n) is 1.56. The number of nitrogens with zero attached hydrogens (tertiary/aromatic N) is 1. The Morgan fingerprint density at radius 2 is 1.85 bits per heavy atom. The number of alkyl halides is 2. The molecule has 3 heteroatoms. The van der Waals surface area contributed by atoms with E-state index in [9.17, 15) is 0 Å². The summed E-state index contributed by atoms with van der Waals surface area (Å²) < 4.78 is -0.198. The molecule has 1 saturated carbocycles. The number of benzene rings is 1. The maximum absolute atomic E-state index is 8.86. The number of nitriles is 1. The number of halogens is 2. The zero-order valence-electron chi connectivity index (χ0n) is 6.74. The first-order chi connectivity index (χ1) is 6.18. The van der Waals surface area contributed by atoms with Gasteiger partial charge in [0.05, 0.1) is 12.0 Å². The standard InChI is InChI=1S/C10H7Br2N/c11-10(12)8(6-13)9(10)7-4-2-1-3-5-7/h1-5,8-9H/t8-,9-/m1/s1. The summed E-state index contributed by atoms with van der Waals surface area (Å²) >= 11 is 7.02. The van der Waals surface area contributed by atoms with E-state index >= 15 is 0 Å². The van der Waals surface area contributed by atoms with E-state index < -0.39 is 0 Å². The predicted molar refractivity (Wildman–Crippen MR) is 58.9 cm³/mol. The topological polar surface area (TPSA) is 23.8 Å². The van der Waals surface area contributed by atoms with Crippen LogP contribution in [0.5, 0.6) is 0 Å². The van der Waals surface area contributed by atoms with Crippen molar-refractivity contribution in [2.24, 2.45) is 5.92 Å². The van der Waals surface area contributed by atoms with Gasteiger partial charge in [0.1, 0.15) is 3.23 Å². The maximum atomic E-state index is 8.86. The number of hydrogen-bond donors (Lipinski definition) is 0. The lowest BCUT2D eigenvalue weighted by atomic mass is 10.1. The van der Waals surface area contributed by atoms with Gasteiger partial charge in [0.15, 0.2) is 0 Å². The second-order valence-corrected chi connectivity index (χ2v) is 6.86. The molecule has 1 aliphatic rings. The van der Waals surface area contributed by atoms with E-state index in [1.807, 2.05) is 18.2 Å². The molecular formula is C10H7Br2N. The Hall–Kier alpha value is -0.330.